The summed E-state index contributed by atoms with van der Waals surface area (Å²) in [5.41, 5.74) is -0.0183. The Kier molecular flexibility index (Phi) is 4.42. The Morgan fingerprint density at radius 2 is 2.24 bits per heavy atom. The van der Waals surface area contributed by atoms with Gasteiger partial charge in [-0.25, -0.2) is 9.18 Å². The van der Waals surface area contributed by atoms with Gasteiger partial charge in [-0.05, 0) is 17.7 Å². The lowest BCUT2D eigenvalue weighted by molar-refractivity contribution is -0.121. The van der Waals surface area contributed by atoms with Crippen molar-refractivity contribution < 1.29 is 18.4 Å². The molecule has 1 N–H and O–H groups in total. The number of carbonyl (C=O) groups excluding carboxylic acids is 1. The van der Waals surface area contributed by atoms with Crippen LogP contribution in [0, 0.1) is 5.82 Å². The van der Waals surface area contributed by atoms with Crippen LogP contribution in [0.2, 0.25) is 0 Å². The molecule has 6 nitrogen and oxygen atoms in total. The maximum atomic E-state index is 13.7. The fourth-order valence-corrected chi connectivity index (χ4v) is 1.77. The molecule has 21 heavy (non-hydrogen) atoms. The molecule has 0 aliphatic carbocycles. The second-order valence-corrected chi connectivity index (χ2v) is 4.30. The molecule has 1 heterocycles. The van der Waals surface area contributed by atoms with E-state index < -0.39 is 11.4 Å². The molecule has 112 valence electrons. The minimum atomic E-state index is -0.606. The smallest absolute Gasteiger partial charge is 0.365 e. The monoisotopic (exact) mass is 294 g/mol. The van der Waals surface area contributed by atoms with E-state index in [-0.39, 0.29) is 23.9 Å². The van der Waals surface area contributed by atoms with Crippen LogP contribution < -0.4 is 15.7 Å². The van der Waals surface area contributed by atoms with E-state index in [1.54, 1.807) is 13.0 Å². The molecule has 0 unspecified atom stereocenters. The maximum absolute atomic E-state index is 13.7. The van der Waals surface area contributed by atoms with Gasteiger partial charge in [-0.1, -0.05) is 13.0 Å². The van der Waals surface area contributed by atoms with Gasteiger partial charge < -0.3 is 14.6 Å². The molecule has 0 fully saturated rings. The number of hydrogen-bond acceptors (Lipinski definition) is 4. The summed E-state index contributed by atoms with van der Waals surface area (Å²) in [5, 5.41) is 2.57. The number of carbonyl (C=O) groups is 1. The zero-order valence-corrected chi connectivity index (χ0v) is 11.7. The molecule has 0 saturated carbocycles. The van der Waals surface area contributed by atoms with Crippen LogP contribution in [0.25, 0.3) is 11.1 Å². The van der Waals surface area contributed by atoms with Gasteiger partial charge in [0.2, 0.25) is 5.91 Å². The highest BCUT2D eigenvalue weighted by atomic mass is 19.1. The summed E-state index contributed by atoms with van der Waals surface area (Å²) >= 11 is 0. The molecule has 0 aliphatic rings. The molecule has 1 amide bonds. The number of nitrogens with one attached hydrogen (secondary N) is 1. The Bertz CT molecular complexity index is 705. The van der Waals surface area contributed by atoms with Crippen molar-refractivity contribution in [2.24, 2.45) is 0 Å². The molecule has 1 aromatic carbocycles. The van der Waals surface area contributed by atoms with Crippen molar-refractivity contribution in [3.63, 3.8) is 0 Å². The first-order valence-electron chi connectivity index (χ1n) is 6.36. The number of amides is 1. The van der Waals surface area contributed by atoms with E-state index in [1.807, 2.05) is 0 Å². The molecule has 0 spiro atoms. The normalized spacial score (nSPS) is 10.4. The Hall–Kier alpha value is -2.57. The number of rotatable bonds is 5. The Labute approximate surface area is 120 Å². The van der Waals surface area contributed by atoms with E-state index in [0.29, 0.717) is 12.0 Å². The number of benzene rings is 1. The first-order valence-corrected chi connectivity index (χ1v) is 6.36. The SMILES string of the molecule is CCC(=O)NCn1cc(-c2ccc(OC)c(F)c2)c(=O)o1. The quantitative estimate of drug-likeness (QED) is 0.911. The second-order valence-electron chi connectivity index (χ2n) is 4.30. The van der Waals surface area contributed by atoms with Crippen molar-refractivity contribution >= 4 is 5.91 Å². The van der Waals surface area contributed by atoms with E-state index in [0.717, 1.165) is 0 Å². The third-order valence-corrected chi connectivity index (χ3v) is 2.91. The molecule has 1 aromatic heterocycles. The molecule has 0 aliphatic heterocycles. The lowest BCUT2D eigenvalue weighted by Gasteiger charge is -2.03. The number of hydrogen-bond donors (Lipinski definition) is 1. The lowest BCUT2D eigenvalue weighted by atomic mass is 10.1. The minimum Gasteiger partial charge on any atom is -0.494 e. The van der Waals surface area contributed by atoms with Crippen molar-refractivity contribution in [1.29, 1.82) is 0 Å². The van der Waals surface area contributed by atoms with Gasteiger partial charge in [0.25, 0.3) is 0 Å². The van der Waals surface area contributed by atoms with E-state index in [2.05, 4.69) is 5.32 Å². The fourth-order valence-electron chi connectivity index (χ4n) is 1.77. The van der Waals surface area contributed by atoms with Crippen molar-refractivity contribution in [2.75, 3.05) is 7.11 Å². The third kappa shape index (κ3) is 3.31. The summed E-state index contributed by atoms with van der Waals surface area (Å²) < 4.78 is 24.6. The van der Waals surface area contributed by atoms with E-state index in [9.17, 15) is 14.0 Å². The predicted molar refractivity (Wildman–Crippen MR) is 73.3 cm³/mol. The van der Waals surface area contributed by atoms with Crippen LogP contribution in [0.4, 0.5) is 4.39 Å². The Morgan fingerprint density at radius 3 is 2.86 bits per heavy atom. The van der Waals surface area contributed by atoms with Gasteiger partial charge in [0.1, 0.15) is 6.67 Å². The number of nitrogens with zero attached hydrogens (tertiary/aromatic N) is 1. The van der Waals surface area contributed by atoms with Gasteiger partial charge in [0.05, 0.1) is 18.9 Å². The van der Waals surface area contributed by atoms with Gasteiger partial charge in [-0.15, -0.1) is 0 Å². The van der Waals surface area contributed by atoms with Crippen LogP contribution in [0.5, 0.6) is 5.75 Å². The maximum Gasteiger partial charge on any atom is 0.365 e. The molecule has 0 radical (unpaired) electrons. The zero-order chi connectivity index (χ0) is 15.4. The summed E-state index contributed by atoms with van der Waals surface area (Å²) in [6.45, 7) is 1.76. The minimum absolute atomic E-state index is 0.0422. The average Bonchev–Trinajstić information content (AvgIpc) is 2.85. The molecule has 2 aromatic rings. The van der Waals surface area contributed by atoms with Crippen molar-refractivity contribution in [2.45, 2.75) is 20.0 Å². The zero-order valence-electron chi connectivity index (χ0n) is 11.7. The lowest BCUT2D eigenvalue weighted by Crippen LogP contribution is -2.24. The van der Waals surface area contributed by atoms with Gasteiger partial charge in [-0.2, -0.15) is 4.74 Å². The van der Waals surface area contributed by atoms with Crippen LogP contribution in [0.3, 0.4) is 0 Å². The second kappa shape index (κ2) is 6.25. The van der Waals surface area contributed by atoms with Gasteiger partial charge in [0.15, 0.2) is 11.6 Å². The highest BCUT2D eigenvalue weighted by Crippen LogP contribution is 2.23. The summed E-state index contributed by atoms with van der Waals surface area (Å²) in [5.74, 6) is -0.636. The standard InChI is InChI=1S/C14H15FN2O4/c1-3-13(18)16-8-17-7-10(14(19)21-17)9-4-5-12(20-2)11(15)6-9/h4-7H,3,8H2,1-2H3,(H,16,18). The summed E-state index contributed by atoms with van der Waals surface area (Å²) in [6.07, 6.45) is 1.75. The molecule has 0 saturated heterocycles. The Morgan fingerprint density at radius 1 is 1.48 bits per heavy atom. The average molecular weight is 294 g/mol. The van der Waals surface area contributed by atoms with Gasteiger partial charge >= 0.3 is 5.63 Å². The van der Waals surface area contributed by atoms with Crippen LogP contribution in [-0.4, -0.2) is 17.8 Å². The van der Waals surface area contributed by atoms with Gasteiger partial charge in [0, 0.05) is 6.42 Å². The van der Waals surface area contributed by atoms with Crippen molar-refractivity contribution in [3.8, 4) is 16.9 Å². The molecular formula is C14H15FN2O4. The third-order valence-electron chi connectivity index (χ3n) is 2.91. The van der Waals surface area contributed by atoms with Crippen LogP contribution in [-0.2, 0) is 11.5 Å². The first kappa shape index (κ1) is 14.8. The van der Waals surface area contributed by atoms with Crippen LogP contribution in [0.1, 0.15) is 13.3 Å². The molecular weight excluding hydrogens is 279 g/mol. The van der Waals surface area contributed by atoms with E-state index in [1.165, 1.54) is 30.2 Å². The van der Waals surface area contributed by atoms with E-state index in [4.69, 9.17) is 9.26 Å². The largest absolute Gasteiger partial charge is 0.494 e. The number of ether oxygens (including phenoxy) is 1. The number of methoxy groups -OCH3 is 1. The molecule has 0 bridgehead atoms. The topological polar surface area (TPSA) is 73.5 Å². The van der Waals surface area contributed by atoms with Crippen LogP contribution >= 0.6 is 0 Å². The van der Waals surface area contributed by atoms with E-state index >= 15 is 0 Å². The van der Waals surface area contributed by atoms with Crippen molar-refractivity contribution in [3.05, 3.63) is 40.6 Å². The summed E-state index contributed by atoms with van der Waals surface area (Å²) in [6, 6.07) is 4.18. The summed E-state index contributed by atoms with van der Waals surface area (Å²) in [7, 11) is 1.36. The molecule has 7 heteroatoms. The number of halogens is 1. The molecule has 2 rings (SSSR count). The van der Waals surface area contributed by atoms with Crippen molar-refractivity contribution in [1.82, 2.24) is 10.1 Å². The fraction of sp³-hybridized carbons (Fsp3) is 0.286. The highest BCUT2D eigenvalue weighted by molar-refractivity contribution is 5.75. The highest BCUT2D eigenvalue weighted by Gasteiger charge is 2.12. The molecule has 0 atom stereocenters. The predicted octanol–water partition coefficient (Wildman–Crippen LogP) is 1.74. The first-order chi connectivity index (χ1) is 10.0. The number of aromatic nitrogens is 1. The Balaban J connectivity index is 2.24. The van der Waals surface area contributed by atoms with Crippen LogP contribution in [0.15, 0.2) is 33.7 Å². The summed E-state index contributed by atoms with van der Waals surface area (Å²) in [4.78, 5) is 22.9. The van der Waals surface area contributed by atoms with Gasteiger partial charge in [-0.3, -0.25) is 4.79 Å².